The van der Waals surface area contributed by atoms with Crippen LogP contribution in [0.3, 0.4) is 0 Å². The van der Waals surface area contributed by atoms with Crippen molar-refractivity contribution < 1.29 is 4.79 Å². The smallest absolute Gasteiger partial charge is 0.144 e. The fourth-order valence-electron chi connectivity index (χ4n) is 0.557. The van der Waals surface area contributed by atoms with E-state index in [4.69, 9.17) is 11.6 Å². The van der Waals surface area contributed by atoms with E-state index in [2.05, 4.69) is 4.98 Å². The maximum absolute atomic E-state index is 10.1. The van der Waals surface area contributed by atoms with E-state index >= 15 is 0 Å². The Kier molecular flexibility index (Phi) is 2.40. The van der Waals surface area contributed by atoms with Gasteiger partial charge in [0, 0.05) is 11.1 Å². The molecule has 10 heavy (non-hydrogen) atoms. The molecule has 0 saturated heterocycles. The first kappa shape index (κ1) is 7.69. The lowest BCUT2D eigenvalue weighted by molar-refractivity contribution is -0.107. The molecular weight excluding hydrogens is 170 g/mol. The monoisotopic (exact) mass is 175 g/mol. The summed E-state index contributed by atoms with van der Waals surface area (Å²) in [5, 5.41) is 1.97. The van der Waals surface area contributed by atoms with Gasteiger partial charge in [0.05, 0.1) is 0 Å². The van der Waals surface area contributed by atoms with E-state index in [9.17, 15) is 4.79 Å². The zero-order valence-corrected chi connectivity index (χ0v) is 6.95. The third kappa shape index (κ3) is 1.55. The third-order valence-corrected chi connectivity index (χ3v) is 2.48. The Morgan fingerprint density at radius 3 is 3.00 bits per heavy atom. The summed E-state index contributed by atoms with van der Waals surface area (Å²) < 4.78 is 0. The zero-order valence-electron chi connectivity index (χ0n) is 5.37. The number of rotatable bonds is 2. The van der Waals surface area contributed by atoms with Gasteiger partial charge >= 0.3 is 0 Å². The predicted molar refractivity (Wildman–Crippen MR) is 41.5 cm³/mol. The van der Waals surface area contributed by atoms with Crippen LogP contribution in [0, 0.1) is 6.92 Å². The number of hydrogen-bond donors (Lipinski definition) is 0. The molecule has 0 fully saturated rings. The molecule has 1 aromatic heterocycles. The van der Waals surface area contributed by atoms with Gasteiger partial charge in [0.1, 0.15) is 16.7 Å². The average Bonchev–Trinajstić information content (AvgIpc) is 2.34. The van der Waals surface area contributed by atoms with Crippen LogP contribution in [0.15, 0.2) is 5.38 Å². The van der Waals surface area contributed by atoms with Crippen LogP contribution in [0.25, 0.3) is 0 Å². The van der Waals surface area contributed by atoms with Gasteiger partial charge in [-0.05, 0) is 6.92 Å². The van der Waals surface area contributed by atoms with Crippen molar-refractivity contribution in [2.24, 2.45) is 0 Å². The molecule has 0 bridgehead atoms. The van der Waals surface area contributed by atoms with Crippen molar-refractivity contribution >= 4 is 29.2 Å². The van der Waals surface area contributed by atoms with Crippen molar-refractivity contribution in [2.45, 2.75) is 12.3 Å². The molecule has 2 nitrogen and oxygen atoms in total. The van der Waals surface area contributed by atoms with E-state index in [1.165, 1.54) is 11.3 Å². The number of aldehydes is 1. The van der Waals surface area contributed by atoms with Gasteiger partial charge in [-0.3, -0.25) is 0 Å². The van der Waals surface area contributed by atoms with Crippen LogP contribution < -0.4 is 0 Å². The lowest BCUT2D eigenvalue weighted by Crippen LogP contribution is -1.89. The molecule has 1 unspecified atom stereocenters. The lowest BCUT2D eigenvalue weighted by atomic mass is 10.5. The van der Waals surface area contributed by atoms with Crippen molar-refractivity contribution in [3.05, 3.63) is 16.1 Å². The minimum atomic E-state index is -0.571. The number of thiazole rings is 1. The summed E-state index contributed by atoms with van der Waals surface area (Å²) in [5.41, 5.74) is 0.910. The number of hydrogen-bond acceptors (Lipinski definition) is 3. The molecule has 54 valence electrons. The van der Waals surface area contributed by atoms with E-state index in [-0.39, 0.29) is 0 Å². The fourth-order valence-corrected chi connectivity index (χ4v) is 1.49. The molecule has 0 aromatic carbocycles. The molecule has 1 aromatic rings. The summed E-state index contributed by atoms with van der Waals surface area (Å²) in [7, 11) is 0. The quantitative estimate of drug-likeness (QED) is 0.508. The number of aryl methyl sites for hydroxylation is 1. The number of alkyl halides is 1. The molecule has 0 amide bonds. The van der Waals surface area contributed by atoms with Crippen LogP contribution in [0.2, 0.25) is 0 Å². The predicted octanol–water partition coefficient (Wildman–Crippen LogP) is 1.93. The summed E-state index contributed by atoms with van der Waals surface area (Å²) in [6.45, 7) is 1.87. The highest BCUT2D eigenvalue weighted by Crippen LogP contribution is 2.21. The minimum absolute atomic E-state index is 0.571. The maximum Gasteiger partial charge on any atom is 0.144 e. The SMILES string of the molecule is Cc1csc(C(Cl)C=O)n1. The highest BCUT2D eigenvalue weighted by atomic mass is 35.5. The van der Waals surface area contributed by atoms with E-state index in [1.807, 2.05) is 12.3 Å². The highest BCUT2D eigenvalue weighted by Gasteiger charge is 2.08. The molecule has 1 atom stereocenters. The van der Waals surface area contributed by atoms with Crippen molar-refractivity contribution in [3.8, 4) is 0 Å². The van der Waals surface area contributed by atoms with E-state index in [0.717, 1.165) is 5.69 Å². The number of aromatic nitrogens is 1. The van der Waals surface area contributed by atoms with Gasteiger partial charge in [-0.2, -0.15) is 0 Å². The highest BCUT2D eigenvalue weighted by molar-refractivity contribution is 7.10. The molecule has 0 spiro atoms. The van der Waals surface area contributed by atoms with Gasteiger partial charge in [-0.25, -0.2) is 4.98 Å². The third-order valence-electron chi connectivity index (χ3n) is 0.992. The van der Waals surface area contributed by atoms with Crippen LogP contribution in [-0.2, 0) is 4.79 Å². The second kappa shape index (κ2) is 3.12. The standard InChI is InChI=1S/C6H6ClNOS/c1-4-3-10-6(8-4)5(7)2-9/h2-3,5H,1H3. The summed E-state index contributed by atoms with van der Waals surface area (Å²) in [5.74, 6) is 0. The molecule has 0 radical (unpaired) electrons. The number of carbonyl (C=O) groups excluding carboxylic acids is 1. The molecule has 4 heteroatoms. The molecule has 0 aliphatic carbocycles. The van der Waals surface area contributed by atoms with Crippen LogP contribution in [0.4, 0.5) is 0 Å². The van der Waals surface area contributed by atoms with Crippen molar-refractivity contribution in [1.82, 2.24) is 4.98 Å². The molecule has 1 rings (SSSR count). The first-order valence-electron chi connectivity index (χ1n) is 2.75. The van der Waals surface area contributed by atoms with Gasteiger partial charge in [0.2, 0.25) is 0 Å². The maximum atomic E-state index is 10.1. The molecular formula is C6H6ClNOS. The van der Waals surface area contributed by atoms with Crippen LogP contribution in [-0.4, -0.2) is 11.3 Å². The Bertz CT molecular complexity index is 235. The summed E-state index contributed by atoms with van der Waals surface area (Å²) >= 11 is 6.99. The van der Waals surface area contributed by atoms with Gasteiger partial charge in [0.15, 0.2) is 0 Å². The molecule has 0 saturated carbocycles. The Morgan fingerprint density at radius 2 is 2.60 bits per heavy atom. The van der Waals surface area contributed by atoms with E-state index < -0.39 is 5.38 Å². The van der Waals surface area contributed by atoms with Crippen LogP contribution in [0.1, 0.15) is 16.1 Å². The molecule has 0 aliphatic heterocycles. The minimum Gasteiger partial charge on any atom is -0.301 e. The Labute approximate surface area is 67.9 Å². The molecule has 0 aliphatic rings. The summed E-state index contributed by atoms with van der Waals surface area (Å²) in [4.78, 5) is 14.2. The Balaban J connectivity index is 2.84. The fraction of sp³-hybridized carbons (Fsp3) is 0.333. The van der Waals surface area contributed by atoms with E-state index in [0.29, 0.717) is 11.3 Å². The number of carbonyl (C=O) groups is 1. The Morgan fingerprint density at radius 1 is 1.90 bits per heavy atom. The molecule has 0 N–H and O–H groups in total. The lowest BCUT2D eigenvalue weighted by Gasteiger charge is -1.91. The summed E-state index contributed by atoms with van der Waals surface area (Å²) in [6.07, 6.45) is 0.680. The number of halogens is 1. The van der Waals surface area contributed by atoms with Gasteiger partial charge < -0.3 is 4.79 Å². The van der Waals surface area contributed by atoms with Gasteiger partial charge in [-0.1, -0.05) is 0 Å². The normalized spacial score (nSPS) is 13.0. The first-order valence-corrected chi connectivity index (χ1v) is 4.07. The average molecular weight is 176 g/mol. The summed E-state index contributed by atoms with van der Waals surface area (Å²) in [6, 6.07) is 0. The topological polar surface area (TPSA) is 30.0 Å². The largest absolute Gasteiger partial charge is 0.301 e. The van der Waals surface area contributed by atoms with Gasteiger partial charge in [-0.15, -0.1) is 22.9 Å². The molecule has 1 heterocycles. The van der Waals surface area contributed by atoms with E-state index in [1.54, 1.807) is 0 Å². The first-order chi connectivity index (χ1) is 4.74. The Hall–Kier alpha value is -0.410. The zero-order chi connectivity index (χ0) is 7.56. The van der Waals surface area contributed by atoms with Crippen LogP contribution in [0.5, 0.6) is 0 Å². The van der Waals surface area contributed by atoms with Crippen molar-refractivity contribution in [1.29, 1.82) is 0 Å². The second-order valence-corrected chi connectivity index (χ2v) is 3.22. The van der Waals surface area contributed by atoms with Gasteiger partial charge in [0.25, 0.3) is 0 Å². The van der Waals surface area contributed by atoms with Crippen molar-refractivity contribution in [3.63, 3.8) is 0 Å². The van der Waals surface area contributed by atoms with Crippen LogP contribution >= 0.6 is 22.9 Å². The number of nitrogens with zero attached hydrogens (tertiary/aromatic N) is 1. The second-order valence-electron chi connectivity index (χ2n) is 1.86. The van der Waals surface area contributed by atoms with Crippen molar-refractivity contribution in [2.75, 3.05) is 0 Å².